The van der Waals surface area contributed by atoms with Gasteiger partial charge >= 0.3 is 0 Å². The van der Waals surface area contributed by atoms with Crippen molar-refractivity contribution < 1.29 is 4.79 Å². The Morgan fingerprint density at radius 2 is 1.92 bits per heavy atom. The average Bonchev–Trinajstić information content (AvgIpc) is 2.61. The van der Waals surface area contributed by atoms with Gasteiger partial charge in [0.1, 0.15) is 0 Å². The van der Waals surface area contributed by atoms with Crippen LogP contribution >= 0.6 is 0 Å². The minimum atomic E-state index is -0.0727. The number of fused-ring (bicyclic) bond motifs is 1. The molecule has 0 fully saturated rings. The lowest BCUT2D eigenvalue weighted by Gasteiger charge is -2.16. The number of hydrogen-bond acceptors (Lipinski definition) is 2. The third-order valence-electron chi connectivity index (χ3n) is 4.41. The first-order chi connectivity index (χ1) is 11.6. The van der Waals surface area contributed by atoms with E-state index in [1.54, 1.807) is 6.20 Å². The number of rotatable bonds is 4. The van der Waals surface area contributed by atoms with Crippen LogP contribution in [-0.4, -0.2) is 17.4 Å². The number of benzene rings is 2. The molecule has 3 aromatic rings. The molecule has 0 saturated carbocycles. The van der Waals surface area contributed by atoms with E-state index in [-0.39, 0.29) is 11.8 Å². The summed E-state index contributed by atoms with van der Waals surface area (Å²) in [7, 11) is 0. The largest absolute Gasteiger partial charge is 0.351 e. The summed E-state index contributed by atoms with van der Waals surface area (Å²) in [5.41, 5.74) is 5.16. The van der Waals surface area contributed by atoms with Gasteiger partial charge in [-0.3, -0.25) is 9.78 Å². The molecule has 0 spiro atoms. The van der Waals surface area contributed by atoms with E-state index in [1.165, 1.54) is 16.7 Å². The Balaban J connectivity index is 1.76. The van der Waals surface area contributed by atoms with Crippen molar-refractivity contribution in [2.45, 2.75) is 26.7 Å². The number of carbonyl (C=O) groups excluding carboxylic acids is 1. The zero-order chi connectivity index (χ0) is 17.1. The summed E-state index contributed by atoms with van der Waals surface area (Å²) in [5.74, 6) is 0.188. The molecule has 1 amide bonds. The van der Waals surface area contributed by atoms with Crippen LogP contribution in [0, 0.1) is 13.8 Å². The van der Waals surface area contributed by atoms with Crippen LogP contribution < -0.4 is 5.32 Å². The Morgan fingerprint density at radius 1 is 1.12 bits per heavy atom. The topological polar surface area (TPSA) is 42.0 Å². The van der Waals surface area contributed by atoms with Crippen molar-refractivity contribution in [1.82, 2.24) is 10.3 Å². The van der Waals surface area contributed by atoms with Crippen LogP contribution in [0.2, 0.25) is 0 Å². The van der Waals surface area contributed by atoms with Crippen LogP contribution in [0.4, 0.5) is 0 Å². The first kappa shape index (κ1) is 16.2. The molecular formula is C21H22N2O. The third kappa shape index (κ3) is 3.30. The molecule has 0 saturated heterocycles. The van der Waals surface area contributed by atoms with Crippen LogP contribution in [0.1, 0.15) is 39.9 Å². The fourth-order valence-corrected chi connectivity index (χ4v) is 3.03. The van der Waals surface area contributed by atoms with Crippen LogP contribution in [0.5, 0.6) is 0 Å². The van der Waals surface area contributed by atoms with Gasteiger partial charge in [-0.1, -0.05) is 48.9 Å². The molecule has 0 aliphatic rings. The molecule has 122 valence electrons. The summed E-state index contributed by atoms with van der Waals surface area (Å²) < 4.78 is 0. The average molecular weight is 318 g/mol. The number of hydrogen-bond donors (Lipinski definition) is 1. The molecule has 1 aromatic heterocycles. The SMILES string of the molecule is Cc1ccc(C)c(C(C)CNC(=O)c2cccc3cccnc23)c1. The number of aryl methyl sites for hydroxylation is 2. The second-order valence-electron chi connectivity index (χ2n) is 6.35. The van der Waals surface area contributed by atoms with E-state index < -0.39 is 0 Å². The Morgan fingerprint density at radius 3 is 2.75 bits per heavy atom. The second-order valence-corrected chi connectivity index (χ2v) is 6.35. The number of pyridine rings is 1. The van der Waals surface area contributed by atoms with Crippen LogP contribution in [-0.2, 0) is 0 Å². The van der Waals surface area contributed by atoms with E-state index >= 15 is 0 Å². The van der Waals surface area contributed by atoms with Gasteiger partial charge < -0.3 is 5.32 Å². The van der Waals surface area contributed by atoms with Gasteiger partial charge in [-0.2, -0.15) is 0 Å². The number of nitrogens with zero attached hydrogens (tertiary/aromatic N) is 1. The van der Waals surface area contributed by atoms with Gasteiger partial charge in [-0.15, -0.1) is 0 Å². The molecule has 0 aliphatic carbocycles. The van der Waals surface area contributed by atoms with Crippen LogP contribution in [0.25, 0.3) is 10.9 Å². The highest BCUT2D eigenvalue weighted by atomic mass is 16.1. The highest BCUT2D eigenvalue weighted by Crippen LogP contribution is 2.21. The summed E-state index contributed by atoms with van der Waals surface area (Å²) in [5, 5.41) is 4.04. The molecule has 0 radical (unpaired) electrons. The summed E-state index contributed by atoms with van der Waals surface area (Å²) in [6, 6.07) is 16.0. The number of amides is 1. The van der Waals surface area contributed by atoms with Gasteiger partial charge in [0.05, 0.1) is 11.1 Å². The Hall–Kier alpha value is -2.68. The molecule has 1 atom stereocenters. The van der Waals surface area contributed by atoms with Crippen LogP contribution in [0.3, 0.4) is 0 Å². The molecule has 3 rings (SSSR count). The Labute approximate surface area is 142 Å². The van der Waals surface area contributed by atoms with Gasteiger partial charge in [0.25, 0.3) is 5.91 Å². The normalized spacial score (nSPS) is 12.1. The second kappa shape index (κ2) is 6.83. The summed E-state index contributed by atoms with van der Waals surface area (Å²) in [6.07, 6.45) is 1.72. The van der Waals surface area contributed by atoms with Gasteiger partial charge in [-0.05, 0) is 43.0 Å². The van der Waals surface area contributed by atoms with E-state index in [1.807, 2.05) is 30.3 Å². The molecular weight excluding hydrogens is 296 g/mol. The number of nitrogens with one attached hydrogen (secondary N) is 1. The lowest BCUT2D eigenvalue weighted by molar-refractivity contribution is 0.0953. The highest BCUT2D eigenvalue weighted by Gasteiger charge is 2.14. The van der Waals surface area contributed by atoms with Gasteiger partial charge in [0.2, 0.25) is 0 Å². The van der Waals surface area contributed by atoms with Crippen LogP contribution in [0.15, 0.2) is 54.7 Å². The Bertz CT molecular complexity index is 881. The van der Waals surface area contributed by atoms with Crippen molar-refractivity contribution in [3.63, 3.8) is 0 Å². The van der Waals surface area contributed by atoms with Gasteiger partial charge in [0.15, 0.2) is 0 Å². The molecule has 0 aliphatic heterocycles. The van der Waals surface area contributed by atoms with Crippen molar-refractivity contribution in [3.05, 3.63) is 77.0 Å². The maximum absolute atomic E-state index is 12.6. The molecule has 1 N–H and O–H groups in total. The summed E-state index contributed by atoms with van der Waals surface area (Å²) in [4.78, 5) is 16.9. The smallest absolute Gasteiger partial charge is 0.253 e. The zero-order valence-electron chi connectivity index (χ0n) is 14.3. The van der Waals surface area contributed by atoms with Crippen molar-refractivity contribution in [2.24, 2.45) is 0 Å². The molecule has 3 heteroatoms. The lowest BCUT2D eigenvalue weighted by atomic mass is 9.94. The minimum Gasteiger partial charge on any atom is -0.351 e. The van der Waals surface area contributed by atoms with Crippen molar-refractivity contribution in [2.75, 3.05) is 6.54 Å². The third-order valence-corrected chi connectivity index (χ3v) is 4.41. The summed E-state index contributed by atoms with van der Waals surface area (Å²) >= 11 is 0. The van der Waals surface area contributed by atoms with Crippen molar-refractivity contribution >= 4 is 16.8 Å². The first-order valence-corrected chi connectivity index (χ1v) is 8.25. The number of aromatic nitrogens is 1. The first-order valence-electron chi connectivity index (χ1n) is 8.25. The molecule has 1 heterocycles. The minimum absolute atomic E-state index is 0.0727. The molecule has 2 aromatic carbocycles. The molecule has 24 heavy (non-hydrogen) atoms. The van der Waals surface area contributed by atoms with Gasteiger partial charge in [-0.25, -0.2) is 0 Å². The van der Waals surface area contributed by atoms with E-state index in [0.29, 0.717) is 12.1 Å². The van der Waals surface area contributed by atoms with Crippen molar-refractivity contribution in [3.8, 4) is 0 Å². The maximum atomic E-state index is 12.6. The predicted molar refractivity (Wildman–Crippen MR) is 98.4 cm³/mol. The maximum Gasteiger partial charge on any atom is 0.253 e. The van der Waals surface area contributed by atoms with E-state index in [2.05, 4.69) is 49.3 Å². The van der Waals surface area contributed by atoms with Crippen molar-refractivity contribution in [1.29, 1.82) is 0 Å². The Kier molecular flexibility index (Phi) is 4.61. The van der Waals surface area contributed by atoms with E-state index in [9.17, 15) is 4.79 Å². The fraction of sp³-hybridized carbons (Fsp3) is 0.238. The number of carbonyl (C=O) groups is 1. The van der Waals surface area contributed by atoms with E-state index in [4.69, 9.17) is 0 Å². The fourth-order valence-electron chi connectivity index (χ4n) is 3.03. The molecule has 1 unspecified atom stereocenters. The monoisotopic (exact) mass is 318 g/mol. The quantitative estimate of drug-likeness (QED) is 0.775. The zero-order valence-corrected chi connectivity index (χ0v) is 14.3. The lowest BCUT2D eigenvalue weighted by Crippen LogP contribution is -2.28. The molecule has 3 nitrogen and oxygen atoms in total. The van der Waals surface area contributed by atoms with Gasteiger partial charge in [0, 0.05) is 18.1 Å². The summed E-state index contributed by atoms with van der Waals surface area (Å²) in [6.45, 7) is 6.95. The highest BCUT2D eigenvalue weighted by molar-refractivity contribution is 6.05. The predicted octanol–water partition coefficient (Wildman–Crippen LogP) is 4.39. The number of para-hydroxylation sites is 1. The standard InChI is InChI=1S/C21H22N2O/c1-14-9-10-15(2)19(12-14)16(3)13-23-21(24)18-8-4-6-17-7-5-11-22-20(17)18/h4-12,16H,13H2,1-3H3,(H,23,24). The molecule has 0 bridgehead atoms. The van der Waals surface area contributed by atoms with E-state index in [0.717, 1.165) is 10.9 Å².